The molecule has 2 saturated heterocycles. The number of hydrogen-bond donors (Lipinski definition) is 1. The lowest BCUT2D eigenvalue weighted by atomic mass is 10.0. The van der Waals surface area contributed by atoms with Crippen LogP contribution in [0.3, 0.4) is 0 Å². The molecule has 2 aliphatic heterocycles. The Morgan fingerprint density at radius 3 is 2.72 bits per heavy atom. The number of carbonyl (C=O) groups excluding carboxylic acids is 1. The monoisotopic (exact) mass is 265 g/mol. The molecule has 0 saturated carbocycles. The summed E-state index contributed by atoms with van der Waals surface area (Å²) < 4.78 is 0. The predicted octanol–water partition coefficient (Wildman–Crippen LogP) is 1.45. The first-order chi connectivity index (χ1) is 8.72. The second-order valence-electron chi connectivity index (χ2n) is 5.38. The number of thiophene rings is 1. The van der Waals surface area contributed by atoms with Crippen LogP contribution in [0.15, 0.2) is 17.5 Å². The van der Waals surface area contributed by atoms with Crippen molar-refractivity contribution in [3.05, 3.63) is 22.4 Å². The summed E-state index contributed by atoms with van der Waals surface area (Å²) >= 11 is 1.68. The quantitative estimate of drug-likeness (QED) is 0.878. The maximum atomic E-state index is 12.1. The minimum atomic E-state index is 0.0976. The Hall–Kier alpha value is -1.07. The molecule has 98 valence electrons. The highest BCUT2D eigenvalue weighted by molar-refractivity contribution is 7.09. The molecular weight excluding hydrogens is 246 g/mol. The van der Waals surface area contributed by atoms with Crippen LogP contribution in [0, 0.1) is 11.8 Å². The SMILES string of the molecule is CN1CC2CN(C(=O)NCc3cccs3)CC2C1. The van der Waals surface area contributed by atoms with Gasteiger partial charge in [-0.2, -0.15) is 0 Å². The molecule has 3 rings (SSSR count). The van der Waals surface area contributed by atoms with E-state index in [2.05, 4.69) is 23.3 Å². The van der Waals surface area contributed by atoms with Crippen molar-refractivity contribution < 1.29 is 4.79 Å². The molecule has 4 nitrogen and oxygen atoms in total. The highest BCUT2D eigenvalue weighted by atomic mass is 32.1. The highest BCUT2D eigenvalue weighted by Crippen LogP contribution is 2.29. The van der Waals surface area contributed by atoms with Gasteiger partial charge in [0.1, 0.15) is 0 Å². The molecule has 2 unspecified atom stereocenters. The van der Waals surface area contributed by atoms with Gasteiger partial charge in [0.05, 0.1) is 6.54 Å². The lowest BCUT2D eigenvalue weighted by molar-refractivity contribution is 0.201. The lowest BCUT2D eigenvalue weighted by Gasteiger charge is -2.19. The van der Waals surface area contributed by atoms with Crippen molar-refractivity contribution in [1.82, 2.24) is 15.1 Å². The van der Waals surface area contributed by atoms with Crippen molar-refractivity contribution in [2.75, 3.05) is 33.2 Å². The van der Waals surface area contributed by atoms with Gasteiger partial charge in [-0.05, 0) is 30.3 Å². The summed E-state index contributed by atoms with van der Waals surface area (Å²) in [5.74, 6) is 1.37. The number of fused-ring (bicyclic) bond motifs is 1. The molecule has 0 aromatic carbocycles. The number of likely N-dealkylation sites (tertiary alicyclic amines) is 2. The van der Waals surface area contributed by atoms with E-state index in [1.165, 1.54) is 4.88 Å². The number of carbonyl (C=O) groups is 1. The molecule has 2 amide bonds. The molecule has 2 fully saturated rings. The number of urea groups is 1. The Morgan fingerprint density at radius 2 is 2.11 bits per heavy atom. The first kappa shape index (κ1) is 12.0. The summed E-state index contributed by atoms with van der Waals surface area (Å²) in [6, 6.07) is 4.17. The van der Waals surface area contributed by atoms with Crippen LogP contribution in [0.2, 0.25) is 0 Å². The fraction of sp³-hybridized carbons (Fsp3) is 0.615. The number of nitrogens with zero attached hydrogens (tertiary/aromatic N) is 2. The van der Waals surface area contributed by atoms with Gasteiger partial charge in [0.2, 0.25) is 0 Å². The van der Waals surface area contributed by atoms with E-state index in [0.717, 1.165) is 26.2 Å². The van der Waals surface area contributed by atoms with E-state index in [9.17, 15) is 4.79 Å². The van der Waals surface area contributed by atoms with Gasteiger partial charge in [-0.25, -0.2) is 4.79 Å². The third-order valence-electron chi connectivity index (χ3n) is 3.95. The molecule has 1 aromatic heterocycles. The maximum Gasteiger partial charge on any atom is 0.317 e. The zero-order valence-corrected chi connectivity index (χ0v) is 11.4. The predicted molar refractivity (Wildman–Crippen MR) is 72.6 cm³/mol. The summed E-state index contributed by atoms with van der Waals surface area (Å²) in [6.45, 7) is 4.78. The van der Waals surface area contributed by atoms with Gasteiger partial charge >= 0.3 is 6.03 Å². The van der Waals surface area contributed by atoms with Gasteiger partial charge < -0.3 is 15.1 Å². The third kappa shape index (κ3) is 2.37. The smallest absolute Gasteiger partial charge is 0.317 e. The van der Waals surface area contributed by atoms with E-state index in [1.807, 2.05) is 16.3 Å². The molecule has 1 aromatic rings. The molecular formula is C13H19N3OS. The van der Waals surface area contributed by atoms with Crippen molar-refractivity contribution in [3.8, 4) is 0 Å². The second kappa shape index (κ2) is 4.90. The summed E-state index contributed by atoms with van der Waals surface area (Å²) in [7, 11) is 2.17. The fourth-order valence-corrected chi connectivity index (χ4v) is 3.73. The van der Waals surface area contributed by atoms with Crippen molar-refractivity contribution in [2.24, 2.45) is 11.8 Å². The van der Waals surface area contributed by atoms with Crippen molar-refractivity contribution in [1.29, 1.82) is 0 Å². The molecule has 2 aliphatic rings. The number of amides is 2. The molecule has 5 heteroatoms. The van der Waals surface area contributed by atoms with E-state index >= 15 is 0 Å². The summed E-state index contributed by atoms with van der Waals surface area (Å²) in [6.07, 6.45) is 0. The zero-order valence-electron chi connectivity index (χ0n) is 10.6. The largest absolute Gasteiger partial charge is 0.333 e. The maximum absolute atomic E-state index is 12.1. The number of rotatable bonds is 2. The van der Waals surface area contributed by atoms with Crippen LogP contribution in [-0.4, -0.2) is 49.1 Å². The van der Waals surface area contributed by atoms with Crippen molar-refractivity contribution in [3.63, 3.8) is 0 Å². The van der Waals surface area contributed by atoms with E-state index in [4.69, 9.17) is 0 Å². The number of nitrogens with one attached hydrogen (secondary N) is 1. The zero-order chi connectivity index (χ0) is 12.5. The van der Waals surface area contributed by atoms with Gasteiger partial charge in [-0.15, -0.1) is 11.3 Å². The van der Waals surface area contributed by atoms with Crippen LogP contribution in [-0.2, 0) is 6.54 Å². The Bertz CT molecular complexity index is 406. The van der Waals surface area contributed by atoms with Gasteiger partial charge in [0.15, 0.2) is 0 Å². The second-order valence-corrected chi connectivity index (χ2v) is 6.42. The fourth-order valence-electron chi connectivity index (χ4n) is 3.08. The molecule has 3 heterocycles. The van der Waals surface area contributed by atoms with Gasteiger partial charge in [-0.3, -0.25) is 0 Å². The average Bonchev–Trinajstić information content (AvgIpc) is 3.00. The first-order valence-electron chi connectivity index (χ1n) is 6.46. The third-order valence-corrected chi connectivity index (χ3v) is 4.83. The Labute approximate surface area is 112 Å². The summed E-state index contributed by atoms with van der Waals surface area (Å²) in [5, 5.41) is 5.05. The molecule has 0 bridgehead atoms. The van der Waals surface area contributed by atoms with E-state index in [0.29, 0.717) is 18.4 Å². The minimum absolute atomic E-state index is 0.0976. The molecule has 2 atom stereocenters. The number of hydrogen-bond acceptors (Lipinski definition) is 3. The van der Waals surface area contributed by atoms with Gasteiger partial charge in [-0.1, -0.05) is 6.07 Å². The Morgan fingerprint density at radius 1 is 1.39 bits per heavy atom. The van der Waals surface area contributed by atoms with Gasteiger partial charge in [0.25, 0.3) is 0 Å². The van der Waals surface area contributed by atoms with Crippen LogP contribution >= 0.6 is 11.3 Å². The van der Waals surface area contributed by atoms with Crippen LogP contribution < -0.4 is 5.32 Å². The molecule has 18 heavy (non-hydrogen) atoms. The van der Waals surface area contributed by atoms with Crippen LogP contribution in [0.25, 0.3) is 0 Å². The Balaban J connectivity index is 1.49. The van der Waals surface area contributed by atoms with E-state index in [1.54, 1.807) is 11.3 Å². The standard InChI is InChI=1S/C13H19N3OS/c1-15-6-10-8-16(9-11(10)7-15)13(17)14-5-12-3-2-4-18-12/h2-4,10-11H,5-9H2,1H3,(H,14,17). The normalized spacial score (nSPS) is 27.5. The first-order valence-corrected chi connectivity index (χ1v) is 7.34. The van der Waals surface area contributed by atoms with Gasteiger partial charge in [0, 0.05) is 31.1 Å². The van der Waals surface area contributed by atoms with Crippen LogP contribution in [0.4, 0.5) is 4.79 Å². The average molecular weight is 265 g/mol. The minimum Gasteiger partial charge on any atom is -0.333 e. The summed E-state index contributed by atoms with van der Waals surface area (Å²) in [4.78, 5) is 17.6. The van der Waals surface area contributed by atoms with Crippen molar-refractivity contribution in [2.45, 2.75) is 6.54 Å². The Kier molecular flexibility index (Phi) is 3.26. The highest BCUT2D eigenvalue weighted by Gasteiger charge is 2.40. The molecule has 0 aliphatic carbocycles. The topological polar surface area (TPSA) is 35.6 Å². The lowest BCUT2D eigenvalue weighted by Crippen LogP contribution is -2.39. The summed E-state index contributed by atoms with van der Waals surface area (Å²) in [5.41, 5.74) is 0. The van der Waals surface area contributed by atoms with E-state index < -0.39 is 0 Å². The van der Waals surface area contributed by atoms with Crippen LogP contribution in [0.1, 0.15) is 4.88 Å². The van der Waals surface area contributed by atoms with E-state index in [-0.39, 0.29) is 6.03 Å². The van der Waals surface area contributed by atoms with Crippen LogP contribution in [0.5, 0.6) is 0 Å². The molecule has 1 N–H and O–H groups in total. The van der Waals surface area contributed by atoms with Crippen molar-refractivity contribution >= 4 is 17.4 Å². The molecule has 0 spiro atoms. The molecule has 0 radical (unpaired) electrons.